The highest BCUT2D eigenvalue weighted by Crippen LogP contribution is 2.31. The number of furan rings is 1. The molecule has 124 valence electrons. The van der Waals surface area contributed by atoms with E-state index in [1.54, 1.807) is 18.4 Å². The van der Waals surface area contributed by atoms with Crippen molar-refractivity contribution in [2.75, 3.05) is 11.5 Å². The van der Waals surface area contributed by atoms with Crippen LogP contribution in [0.15, 0.2) is 34.9 Å². The molecule has 0 spiro atoms. The molecule has 1 unspecified atom stereocenters. The molecule has 1 atom stereocenters. The van der Waals surface area contributed by atoms with Gasteiger partial charge in [0.05, 0.1) is 17.2 Å². The number of carboxylic acids is 1. The van der Waals surface area contributed by atoms with Crippen molar-refractivity contribution >= 4 is 28.8 Å². The van der Waals surface area contributed by atoms with E-state index < -0.39 is 5.97 Å². The monoisotopic (exact) mass is 326 g/mol. The number of nitrogens with two attached hydrogens (primary N) is 2. The number of fused-ring (bicyclic) bond motifs is 1. The summed E-state index contributed by atoms with van der Waals surface area (Å²) in [6.45, 7) is 2.08. The van der Waals surface area contributed by atoms with Gasteiger partial charge in [0.25, 0.3) is 0 Å². The van der Waals surface area contributed by atoms with Crippen molar-refractivity contribution in [3.05, 3.63) is 47.2 Å². The molecule has 7 nitrogen and oxygen atoms in total. The Bertz CT molecular complexity index is 887. The summed E-state index contributed by atoms with van der Waals surface area (Å²) in [6.07, 6.45) is 3.20. The quantitative estimate of drug-likeness (QED) is 0.657. The highest BCUT2D eigenvalue weighted by atomic mass is 16.4. The summed E-state index contributed by atoms with van der Waals surface area (Å²) in [6, 6.07) is 6.92. The second-order valence-corrected chi connectivity index (χ2v) is 5.64. The highest BCUT2D eigenvalue weighted by molar-refractivity contribution is 5.89. The summed E-state index contributed by atoms with van der Waals surface area (Å²) < 4.78 is 5.45. The Hall–Kier alpha value is -3.09. The number of carboxylic acid groups (broad SMARTS) is 1. The minimum Gasteiger partial charge on any atom is -0.478 e. The van der Waals surface area contributed by atoms with Gasteiger partial charge in [-0.25, -0.2) is 4.79 Å². The normalized spacial score (nSPS) is 12.4. The molecule has 0 saturated heterocycles. The van der Waals surface area contributed by atoms with Crippen LogP contribution in [-0.4, -0.2) is 21.0 Å². The third kappa shape index (κ3) is 2.88. The Kier molecular flexibility index (Phi) is 4.07. The largest absolute Gasteiger partial charge is 0.478 e. The molecule has 0 amide bonds. The number of anilines is 2. The zero-order valence-electron chi connectivity index (χ0n) is 13.2. The molecule has 0 aliphatic rings. The minimum atomic E-state index is -0.932. The van der Waals surface area contributed by atoms with Crippen molar-refractivity contribution in [3.8, 4) is 0 Å². The third-order valence-electron chi connectivity index (χ3n) is 4.14. The van der Waals surface area contributed by atoms with Gasteiger partial charge in [-0.2, -0.15) is 9.97 Å². The molecule has 2 aromatic heterocycles. The van der Waals surface area contributed by atoms with E-state index in [0.717, 1.165) is 17.5 Å². The van der Waals surface area contributed by atoms with Crippen LogP contribution in [0.3, 0.4) is 0 Å². The van der Waals surface area contributed by atoms with E-state index in [1.807, 2.05) is 12.1 Å². The van der Waals surface area contributed by atoms with Crippen molar-refractivity contribution in [3.63, 3.8) is 0 Å². The van der Waals surface area contributed by atoms with Gasteiger partial charge in [0, 0.05) is 5.56 Å². The van der Waals surface area contributed by atoms with Crippen LogP contribution in [0.25, 0.3) is 11.1 Å². The van der Waals surface area contributed by atoms with Gasteiger partial charge in [0.15, 0.2) is 0 Å². The van der Waals surface area contributed by atoms with Crippen molar-refractivity contribution in [1.29, 1.82) is 0 Å². The van der Waals surface area contributed by atoms with E-state index in [-0.39, 0.29) is 17.4 Å². The molecule has 0 bridgehead atoms. The summed E-state index contributed by atoms with van der Waals surface area (Å²) in [5, 5.41) is 9.68. The van der Waals surface area contributed by atoms with Crippen LogP contribution in [0.1, 0.15) is 40.7 Å². The lowest BCUT2D eigenvalue weighted by Gasteiger charge is -2.15. The highest BCUT2D eigenvalue weighted by Gasteiger charge is 2.18. The van der Waals surface area contributed by atoms with Gasteiger partial charge in [0.2, 0.25) is 11.7 Å². The average molecular weight is 326 g/mol. The maximum atomic E-state index is 11.0. The van der Waals surface area contributed by atoms with Gasteiger partial charge in [-0.1, -0.05) is 19.1 Å². The van der Waals surface area contributed by atoms with Gasteiger partial charge in [-0.05, 0) is 36.5 Å². The SMILES string of the molecule is CCC(Cc1coc2nc(N)nc(N)c12)c1ccc(C(=O)O)cc1. The van der Waals surface area contributed by atoms with Crippen LogP contribution in [0.5, 0.6) is 0 Å². The number of hydrogen-bond donors (Lipinski definition) is 3. The number of aromatic carboxylic acids is 1. The standard InChI is InChI=1S/C17H18N4O3/c1-2-9(10-3-5-11(6-4-10)16(22)23)7-12-8-24-15-13(12)14(18)20-17(19)21-15/h3-6,8-9H,2,7H2,1H3,(H,22,23)(H4,18,19,20,21). The van der Waals surface area contributed by atoms with Crippen LogP contribution in [0.2, 0.25) is 0 Å². The van der Waals surface area contributed by atoms with Crippen LogP contribution in [0.4, 0.5) is 11.8 Å². The van der Waals surface area contributed by atoms with Crippen LogP contribution >= 0.6 is 0 Å². The Morgan fingerprint density at radius 1 is 1.25 bits per heavy atom. The first kappa shape index (κ1) is 15.8. The lowest BCUT2D eigenvalue weighted by atomic mass is 9.89. The lowest BCUT2D eigenvalue weighted by Crippen LogP contribution is -2.04. The Balaban J connectivity index is 1.92. The number of carbonyl (C=O) groups is 1. The first-order chi connectivity index (χ1) is 11.5. The fourth-order valence-corrected chi connectivity index (χ4v) is 2.86. The molecular formula is C17H18N4O3. The van der Waals surface area contributed by atoms with Gasteiger partial charge in [0.1, 0.15) is 5.82 Å². The van der Waals surface area contributed by atoms with Gasteiger partial charge in [-0.15, -0.1) is 0 Å². The van der Waals surface area contributed by atoms with Crippen LogP contribution < -0.4 is 11.5 Å². The minimum absolute atomic E-state index is 0.0807. The molecule has 2 heterocycles. The van der Waals surface area contributed by atoms with Crippen LogP contribution in [-0.2, 0) is 6.42 Å². The molecule has 3 rings (SSSR count). The molecular weight excluding hydrogens is 308 g/mol. The summed E-state index contributed by atoms with van der Waals surface area (Å²) in [4.78, 5) is 19.0. The zero-order valence-corrected chi connectivity index (χ0v) is 13.2. The molecule has 0 radical (unpaired) electrons. The first-order valence-corrected chi connectivity index (χ1v) is 7.62. The molecule has 0 aliphatic carbocycles. The summed E-state index contributed by atoms with van der Waals surface area (Å²) in [5.74, 6) is -0.349. The molecule has 3 aromatic rings. The van der Waals surface area contributed by atoms with E-state index in [9.17, 15) is 4.79 Å². The van der Waals surface area contributed by atoms with Gasteiger partial charge < -0.3 is 21.0 Å². The molecule has 7 heteroatoms. The fourth-order valence-electron chi connectivity index (χ4n) is 2.86. The number of nitrogen functional groups attached to an aromatic ring is 2. The average Bonchev–Trinajstić information content (AvgIpc) is 2.95. The molecule has 24 heavy (non-hydrogen) atoms. The second-order valence-electron chi connectivity index (χ2n) is 5.64. The maximum Gasteiger partial charge on any atom is 0.335 e. The van der Waals surface area contributed by atoms with Gasteiger partial charge >= 0.3 is 5.97 Å². The third-order valence-corrected chi connectivity index (χ3v) is 4.14. The van der Waals surface area contributed by atoms with Crippen LogP contribution in [0, 0.1) is 0 Å². The fraction of sp³-hybridized carbons (Fsp3) is 0.235. The topological polar surface area (TPSA) is 128 Å². The predicted octanol–water partition coefficient (Wildman–Crippen LogP) is 2.82. The number of rotatable bonds is 5. The van der Waals surface area contributed by atoms with E-state index in [2.05, 4.69) is 16.9 Å². The van der Waals surface area contributed by atoms with E-state index in [0.29, 0.717) is 23.3 Å². The molecule has 5 N–H and O–H groups in total. The van der Waals surface area contributed by atoms with Gasteiger partial charge in [-0.3, -0.25) is 0 Å². The number of aromatic nitrogens is 2. The smallest absolute Gasteiger partial charge is 0.335 e. The first-order valence-electron chi connectivity index (χ1n) is 7.62. The van der Waals surface area contributed by atoms with E-state index in [4.69, 9.17) is 21.0 Å². The summed E-state index contributed by atoms with van der Waals surface area (Å²) in [7, 11) is 0. The maximum absolute atomic E-state index is 11.0. The van der Waals surface area contributed by atoms with Crippen molar-refractivity contribution < 1.29 is 14.3 Å². The van der Waals surface area contributed by atoms with E-state index in [1.165, 1.54) is 0 Å². The van der Waals surface area contributed by atoms with Crippen molar-refractivity contribution in [2.45, 2.75) is 25.7 Å². The van der Waals surface area contributed by atoms with Crippen molar-refractivity contribution in [1.82, 2.24) is 9.97 Å². The number of hydrogen-bond acceptors (Lipinski definition) is 6. The number of nitrogens with zero attached hydrogens (tertiary/aromatic N) is 2. The Labute approximate surface area is 138 Å². The second kappa shape index (κ2) is 6.19. The predicted molar refractivity (Wildman–Crippen MR) is 90.8 cm³/mol. The Morgan fingerprint density at radius 3 is 2.58 bits per heavy atom. The van der Waals surface area contributed by atoms with E-state index >= 15 is 0 Å². The lowest BCUT2D eigenvalue weighted by molar-refractivity contribution is 0.0697. The molecule has 0 fully saturated rings. The molecule has 0 saturated carbocycles. The number of benzene rings is 1. The molecule has 1 aromatic carbocycles. The van der Waals surface area contributed by atoms with Crippen molar-refractivity contribution in [2.24, 2.45) is 0 Å². The summed E-state index contributed by atoms with van der Waals surface area (Å²) in [5.41, 5.74) is 14.2. The molecule has 0 aliphatic heterocycles. The zero-order chi connectivity index (χ0) is 17.3. The summed E-state index contributed by atoms with van der Waals surface area (Å²) >= 11 is 0. The Morgan fingerprint density at radius 2 is 1.96 bits per heavy atom.